The van der Waals surface area contributed by atoms with Gasteiger partial charge in [0.2, 0.25) is 0 Å². The first-order valence-electron chi connectivity index (χ1n) is 9.03. The van der Waals surface area contributed by atoms with E-state index in [-0.39, 0.29) is 0 Å². The Hall–Kier alpha value is -2.93. The van der Waals surface area contributed by atoms with Gasteiger partial charge in [0, 0.05) is 33.6 Å². The third kappa shape index (κ3) is 2.84. The Balaban J connectivity index is 1.45. The maximum atomic E-state index is 5.27. The fourth-order valence-corrected chi connectivity index (χ4v) is 4.93. The molecule has 27 heavy (non-hydrogen) atoms. The monoisotopic (exact) mass is 377 g/mol. The van der Waals surface area contributed by atoms with Gasteiger partial charge in [-0.15, -0.1) is 11.3 Å². The van der Waals surface area contributed by atoms with E-state index < -0.39 is 0 Å². The summed E-state index contributed by atoms with van der Waals surface area (Å²) in [5, 5.41) is 6.68. The molecule has 0 saturated heterocycles. The average molecular weight is 377 g/mol. The first-order valence-corrected chi connectivity index (χ1v) is 9.84. The topological polar surface area (TPSA) is 75.2 Å². The molecule has 1 aromatic carbocycles. The average Bonchev–Trinajstić information content (AvgIpc) is 3.29. The van der Waals surface area contributed by atoms with Crippen LogP contribution < -0.4 is 10.2 Å². The number of hydrazone groups is 1. The highest BCUT2D eigenvalue weighted by Gasteiger charge is 2.19. The summed E-state index contributed by atoms with van der Waals surface area (Å²) in [6, 6.07) is 5.96. The van der Waals surface area contributed by atoms with Crippen molar-refractivity contribution in [2.75, 3.05) is 12.5 Å². The van der Waals surface area contributed by atoms with Crippen LogP contribution >= 0.6 is 11.3 Å². The number of benzene rings is 1. The molecular formula is C20H19N5OS. The molecule has 6 nitrogen and oxygen atoms in total. The smallest absolute Gasteiger partial charge is 0.158 e. The zero-order valence-electron chi connectivity index (χ0n) is 15.0. The van der Waals surface area contributed by atoms with Gasteiger partial charge in [0.1, 0.15) is 16.9 Å². The molecule has 0 bridgehead atoms. The van der Waals surface area contributed by atoms with Crippen molar-refractivity contribution in [3.8, 4) is 5.75 Å². The van der Waals surface area contributed by atoms with E-state index in [1.807, 2.05) is 30.6 Å². The molecule has 0 amide bonds. The molecule has 0 unspecified atom stereocenters. The van der Waals surface area contributed by atoms with E-state index in [2.05, 4.69) is 25.5 Å². The molecule has 0 spiro atoms. The van der Waals surface area contributed by atoms with Crippen LogP contribution in [0.3, 0.4) is 0 Å². The Bertz CT molecular complexity index is 1160. The van der Waals surface area contributed by atoms with Crippen molar-refractivity contribution in [2.45, 2.75) is 25.7 Å². The van der Waals surface area contributed by atoms with Crippen LogP contribution in [-0.2, 0) is 12.8 Å². The highest BCUT2D eigenvalue weighted by Crippen LogP contribution is 2.38. The summed E-state index contributed by atoms with van der Waals surface area (Å²) in [5.41, 5.74) is 6.57. The highest BCUT2D eigenvalue weighted by atomic mass is 32.1. The first kappa shape index (κ1) is 16.3. The molecule has 1 aliphatic rings. The number of aryl methyl sites for hydroxylation is 2. The van der Waals surface area contributed by atoms with Gasteiger partial charge in [-0.05, 0) is 43.4 Å². The summed E-state index contributed by atoms with van der Waals surface area (Å²) in [6.45, 7) is 0. The quantitative estimate of drug-likeness (QED) is 0.405. The molecule has 4 aromatic rings. The summed E-state index contributed by atoms with van der Waals surface area (Å²) in [6.07, 6.45) is 10.1. The van der Waals surface area contributed by atoms with E-state index in [0.717, 1.165) is 51.1 Å². The largest absolute Gasteiger partial charge is 0.497 e. The molecule has 3 aromatic heterocycles. The molecule has 0 aliphatic heterocycles. The molecule has 3 heterocycles. The second-order valence-electron chi connectivity index (χ2n) is 6.64. The zero-order valence-corrected chi connectivity index (χ0v) is 15.8. The van der Waals surface area contributed by atoms with Crippen molar-refractivity contribution in [3.63, 3.8) is 0 Å². The summed E-state index contributed by atoms with van der Waals surface area (Å²) < 4.78 is 5.27. The lowest BCUT2D eigenvalue weighted by molar-refractivity contribution is 0.415. The zero-order chi connectivity index (χ0) is 18.2. The second-order valence-corrected chi connectivity index (χ2v) is 7.72. The van der Waals surface area contributed by atoms with Crippen LogP contribution in [0.25, 0.3) is 21.1 Å². The molecule has 5 rings (SSSR count). The minimum Gasteiger partial charge on any atom is -0.497 e. The van der Waals surface area contributed by atoms with Gasteiger partial charge in [0.15, 0.2) is 5.82 Å². The molecule has 136 valence electrons. The van der Waals surface area contributed by atoms with Gasteiger partial charge in [0.25, 0.3) is 0 Å². The van der Waals surface area contributed by atoms with Gasteiger partial charge in [0.05, 0.1) is 18.7 Å². The Morgan fingerprint density at radius 1 is 1.26 bits per heavy atom. The Morgan fingerprint density at radius 3 is 3.11 bits per heavy atom. The van der Waals surface area contributed by atoms with Gasteiger partial charge >= 0.3 is 0 Å². The van der Waals surface area contributed by atoms with Crippen LogP contribution in [0.1, 0.15) is 28.8 Å². The number of thiophene rings is 1. The summed E-state index contributed by atoms with van der Waals surface area (Å²) in [5.74, 6) is 1.62. The van der Waals surface area contributed by atoms with Crippen LogP contribution in [0.15, 0.2) is 35.8 Å². The molecule has 0 fully saturated rings. The molecule has 1 aliphatic carbocycles. The maximum Gasteiger partial charge on any atom is 0.158 e. The lowest BCUT2D eigenvalue weighted by Crippen LogP contribution is -2.00. The number of hydrogen-bond acceptors (Lipinski definition) is 6. The van der Waals surface area contributed by atoms with Crippen LogP contribution in [0.5, 0.6) is 5.75 Å². The highest BCUT2D eigenvalue weighted by molar-refractivity contribution is 7.19. The predicted molar refractivity (Wildman–Crippen MR) is 110 cm³/mol. The van der Waals surface area contributed by atoms with E-state index in [4.69, 9.17) is 4.74 Å². The summed E-state index contributed by atoms with van der Waals surface area (Å²) in [7, 11) is 1.67. The number of hydrogen-bond donors (Lipinski definition) is 2. The Kier molecular flexibility index (Phi) is 4.01. The van der Waals surface area contributed by atoms with E-state index >= 15 is 0 Å². The van der Waals surface area contributed by atoms with Crippen LogP contribution in [0.4, 0.5) is 5.82 Å². The number of H-pyrrole nitrogens is 1. The number of nitrogens with one attached hydrogen (secondary N) is 2. The maximum absolute atomic E-state index is 5.27. The van der Waals surface area contributed by atoms with Crippen molar-refractivity contribution in [2.24, 2.45) is 5.10 Å². The van der Waals surface area contributed by atoms with Crippen molar-refractivity contribution >= 4 is 44.5 Å². The van der Waals surface area contributed by atoms with Gasteiger partial charge in [-0.3, -0.25) is 5.43 Å². The third-order valence-corrected chi connectivity index (χ3v) is 6.25. The molecular weight excluding hydrogens is 358 g/mol. The third-order valence-electron chi connectivity index (χ3n) is 5.05. The van der Waals surface area contributed by atoms with Gasteiger partial charge in [-0.2, -0.15) is 5.10 Å². The number of rotatable bonds is 4. The minimum absolute atomic E-state index is 0.789. The number of nitrogens with zero attached hydrogens (tertiary/aromatic N) is 3. The first-order chi connectivity index (χ1) is 13.3. The fourth-order valence-electron chi connectivity index (χ4n) is 3.70. The molecule has 0 atom stereocenters. The van der Waals surface area contributed by atoms with Gasteiger partial charge < -0.3 is 9.72 Å². The lowest BCUT2D eigenvalue weighted by atomic mass is 9.97. The minimum atomic E-state index is 0.789. The van der Waals surface area contributed by atoms with Gasteiger partial charge in [-0.1, -0.05) is 0 Å². The molecule has 0 saturated carbocycles. The predicted octanol–water partition coefficient (Wildman–Crippen LogP) is 4.51. The number of methoxy groups -OCH3 is 1. The Morgan fingerprint density at radius 2 is 2.19 bits per heavy atom. The summed E-state index contributed by atoms with van der Waals surface area (Å²) in [4.78, 5) is 14.7. The van der Waals surface area contributed by atoms with E-state index in [1.54, 1.807) is 24.8 Å². The lowest BCUT2D eigenvalue weighted by Gasteiger charge is -2.11. The Labute approximate surface area is 160 Å². The molecule has 2 N–H and O–H groups in total. The van der Waals surface area contributed by atoms with E-state index in [9.17, 15) is 0 Å². The van der Waals surface area contributed by atoms with E-state index in [0.29, 0.717) is 0 Å². The van der Waals surface area contributed by atoms with Crippen molar-refractivity contribution in [1.29, 1.82) is 0 Å². The molecule has 7 heteroatoms. The number of anilines is 1. The van der Waals surface area contributed by atoms with Crippen LogP contribution in [0, 0.1) is 0 Å². The number of ether oxygens (including phenoxy) is 1. The number of aromatic amines is 1. The summed E-state index contributed by atoms with van der Waals surface area (Å²) >= 11 is 1.79. The SMILES string of the molecule is COc1ccc2c(C=NNc3ncnc4sc5c(c34)CCCC5)c[nH]c2c1. The fraction of sp³-hybridized carbons (Fsp3) is 0.250. The number of aromatic nitrogens is 3. The number of fused-ring (bicyclic) bond motifs is 4. The van der Waals surface area contributed by atoms with Crippen LogP contribution in [-0.4, -0.2) is 28.3 Å². The van der Waals surface area contributed by atoms with Crippen molar-refractivity contribution < 1.29 is 4.74 Å². The van der Waals surface area contributed by atoms with Crippen molar-refractivity contribution in [3.05, 3.63) is 46.7 Å². The van der Waals surface area contributed by atoms with Gasteiger partial charge in [-0.25, -0.2) is 9.97 Å². The van der Waals surface area contributed by atoms with Crippen molar-refractivity contribution in [1.82, 2.24) is 15.0 Å². The normalized spacial score (nSPS) is 14.1. The standard InChI is InChI=1S/C20H19N5OS/c1-26-13-6-7-14-12(9-21-16(14)8-13)10-24-25-19-18-15-4-2-3-5-17(15)27-20(18)23-11-22-19/h6-11,21H,2-5H2,1H3,(H,22,23,25). The van der Waals surface area contributed by atoms with E-state index in [1.165, 1.54) is 23.3 Å². The molecule has 0 radical (unpaired) electrons. The van der Waals surface area contributed by atoms with Crippen LogP contribution in [0.2, 0.25) is 0 Å². The second kappa shape index (κ2) is 6.66.